The maximum Gasteiger partial charge on any atom is 0.171 e. The second-order valence-corrected chi connectivity index (χ2v) is 9.02. The van der Waals surface area contributed by atoms with Crippen molar-refractivity contribution in [1.82, 2.24) is 19.7 Å². The highest BCUT2D eigenvalue weighted by molar-refractivity contribution is 5.78. The lowest BCUT2D eigenvalue weighted by atomic mass is 9.97. The molecular weight excluding hydrogens is 448 g/mol. The van der Waals surface area contributed by atoms with Crippen molar-refractivity contribution in [3.8, 4) is 22.9 Å². The van der Waals surface area contributed by atoms with Crippen molar-refractivity contribution in [2.24, 2.45) is 0 Å². The third kappa shape index (κ3) is 4.32. The number of nitrogens with zero attached hydrogens (tertiary/aromatic N) is 5. The maximum absolute atomic E-state index is 14.8. The van der Waals surface area contributed by atoms with Crippen molar-refractivity contribution >= 4 is 5.57 Å². The highest BCUT2D eigenvalue weighted by atomic mass is 19.1. The molecule has 3 aromatic rings. The largest absolute Gasteiger partial charge is 0.494 e. The number of halogens is 2. The van der Waals surface area contributed by atoms with Crippen molar-refractivity contribution < 1.29 is 13.5 Å². The molecule has 0 unspecified atom stereocenters. The second-order valence-electron chi connectivity index (χ2n) is 9.02. The van der Waals surface area contributed by atoms with Crippen molar-refractivity contribution in [2.75, 3.05) is 26.7 Å². The van der Waals surface area contributed by atoms with Crippen LogP contribution in [0.1, 0.15) is 48.3 Å². The number of benzene rings is 1. The Labute approximate surface area is 203 Å². The van der Waals surface area contributed by atoms with Crippen LogP contribution in [0.4, 0.5) is 8.78 Å². The zero-order valence-corrected chi connectivity index (χ0v) is 19.9. The van der Waals surface area contributed by atoms with Crippen LogP contribution < -0.4 is 4.74 Å². The summed E-state index contributed by atoms with van der Waals surface area (Å²) < 4.78 is 36.2. The Morgan fingerprint density at radius 3 is 2.71 bits per heavy atom. The van der Waals surface area contributed by atoms with Crippen LogP contribution in [0.5, 0.6) is 5.75 Å². The van der Waals surface area contributed by atoms with Crippen LogP contribution in [0.15, 0.2) is 36.7 Å². The molecule has 0 N–H and O–H groups in total. The van der Waals surface area contributed by atoms with Crippen LogP contribution in [0.25, 0.3) is 16.7 Å². The van der Waals surface area contributed by atoms with E-state index >= 15 is 0 Å². The normalized spacial score (nSPS) is 16.1. The van der Waals surface area contributed by atoms with Gasteiger partial charge in [-0.15, -0.1) is 0 Å². The summed E-state index contributed by atoms with van der Waals surface area (Å²) in [6.07, 6.45) is 8.32. The number of likely N-dealkylation sites (tertiary alicyclic amines) is 1. The van der Waals surface area contributed by atoms with Gasteiger partial charge in [0.2, 0.25) is 0 Å². The molecule has 1 fully saturated rings. The SMILES string of the molecule is CCN1CCC(n2cc(-c3cnc4c(c3)C(Cc3c(F)ccc(OC)c3F)=CC4)c(C#N)n2)CC1. The summed E-state index contributed by atoms with van der Waals surface area (Å²) in [6.45, 7) is 5.25. The van der Waals surface area contributed by atoms with Gasteiger partial charge in [0, 0.05) is 60.6 Å². The van der Waals surface area contributed by atoms with E-state index in [4.69, 9.17) is 4.74 Å². The van der Waals surface area contributed by atoms with E-state index in [2.05, 4.69) is 28.0 Å². The van der Waals surface area contributed by atoms with E-state index < -0.39 is 11.6 Å². The molecule has 0 amide bonds. The fraction of sp³-hybridized carbons (Fsp3) is 0.370. The molecule has 1 aromatic carbocycles. The number of ether oxygens (including phenoxy) is 1. The number of pyridine rings is 1. The van der Waals surface area contributed by atoms with Gasteiger partial charge >= 0.3 is 0 Å². The van der Waals surface area contributed by atoms with Crippen molar-refractivity contribution in [3.63, 3.8) is 0 Å². The standard InChI is InChI=1S/C27H27F2N5O/c1-3-33-10-8-19(9-11-33)34-16-22(25(14-30)32-34)18-13-20-17(4-6-24(20)31-15-18)12-21-23(28)5-7-26(35-2)27(21)29/h4-5,7,13,15-16,19H,3,6,8-12H2,1-2H3. The monoisotopic (exact) mass is 475 g/mol. The summed E-state index contributed by atoms with van der Waals surface area (Å²) in [5.74, 6) is -1.28. The predicted molar refractivity (Wildman–Crippen MR) is 129 cm³/mol. The molecule has 180 valence electrons. The molecular formula is C27H27F2N5O. The predicted octanol–water partition coefficient (Wildman–Crippen LogP) is 4.94. The first-order valence-electron chi connectivity index (χ1n) is 11.9. The maximum atomic E-state index is 14.8. The highest BCUT2D eigenvalue weighted by Gasteiger charge is 2.25. The minimum atomic E-state index is -0.687. The van der Waals surface area contributed by atoms with Crippen LogP contribution in [0, 0.1) is 23.0 Å². The summed E-state index contributed by atoms with van der Waals surface area (Å²) in [6, 6.07) is 6.95. The molecule has 0 bridgehead atoms. The molecule has 1 aliphatic carbocycles. The fourth-order valence-electron chi connectivity index (χ4n) is 5.04. The fourth-order valence-corrected chi connectivity index (χ4v) is 5.04. The first-order chi connectivity index (χ1) is 17.0. The van der Waals surface area contributed by atoms with Crippen LogP contribution in [-0.4, -0.2) is 46.4 Å². The second kappa shape index (κ2) is 9.59. The summed E-state index contributed by atoms with van der Waals surface area (Å²) >= 11 is 0. The summed E-state index contributed by atoms with van der Waals surface area (Å²) in [4.78, 5) is 7.02. The first-order valence-corrected chi connectivity index (χ1v) is 11.9. The average molecular weight is 476 g/mol. The van der Waals surface area contributed by atoms with E-state index in [1.165, 1.54) is 19.2 Å². The molecule has 35 heavy (non-hydrogen) atoms. The quantitative estimate of drug-likeness (QED) is 0.505. The Morgan fingerprint density at radius 2 is 2.00 bits per heavy atom. The minimum absolute atomic E-state index is 0.0166. The van der Waals surface area contributed by atoms with Crippen LogP contribution in [-0.2, 0) is 12.8 Å². The minimum Gasteiger partial charge on any atom is -0.494 e. The van der Waals surface area contributed by atoms with Crippen molar-refractivity contribution in [3.05, 3.63) is 70.8 Å². The summed E-state index contributed by atoms with van der Waals surface area (Å²) in [5, 5.41) is 14.3. The molecule has 1 saturated heterocycles. The molecule has 2 aliphatic rings. The van der Waals surface area contributed by atoms with Gasteiger partial charge < -0.3 is 9.64 Å². The van der Waals surface area contributed by atoms with Gasteiger partial charge in [-0.1, -0.05) is 13.0 Å². The molecule has 6 nitrogen and oxygen atoms in total. The Hall–Kier alpha value is -3.57. The van der Waals surface area contributed by atoms with Gasteiger partial charge in [0.25, 0.3) is 0 Å². The number of piperidine rings is 1. The topological polar surface area (TPSA) is 67.0 Å². The Kier molecular flexibility index (Phi) is 6.35. The van der Waals surface area contributed by atoms with Crippen LogP contribution in [0.3, 0.4) is 0 Å². The smallest absolute Gasteiger partial charge is 0.171 e. The first kappa shape index (κ1) is 23.2. The number of aromatic nitrogens is 3. The van der Waals surface area contributed by atoms with Crippen LogP contribution >= 0.6 is 0 Å². The molecule has 1 aliphatic heterocycles. The lowest BCUT2D eigenvalue weighted by Gasteiger charge is -2.31. The third-order valence-corrected chi connectivity index (χ3v) is 7.12. The van der Waals surface area contributed by atoms with E-state index in [9.17, 15) is 14.0 Å². The van der Waals surface area contributed by atoms with E-state index in [1.807, 2.05) is 23.0 Å². The third-order valence-electron chi connectivity index (χ3n) is 7.12. The molecule has 0 saturated carbocycles. The van der Waals surface area contributed by atoms with Gasteiger partial charge in [-0.2, -0.15) is 10.4 Å². The van der Waals surface area contributed by atoms with Crippen LogP contribution in [0.2, 0.25) is 0 Å². The van der Waals surface area contributed by atoms with Gasteiger partial charge in [0.15, 0.2) is 17.3 Å². The Bertz CT molecular complexity index is 1330. The van der Waals surface area contributed by atoms with Crippen molar-refractivity contribution in [1.29, 1.82) is 5.26 Å². The van der Waals surface area contributed by atoms with E-state index in [0.717, 1.165) is 60.4 Å². The average Bonchev–Trinajstić information content (AvgIpc) is 3.50. The highest BCUT2D eigenvalue weighted by Crippen LogP contribution is 2.36. The number of fused-ring (bicyclic) bond motifs is 1. The van der Waals surface area contributed by atoms with E-state index in [-0.39, 0.29) is 23.8 Å². The molecule has 5 rings (SSSR count). The molecule has 8 heteroatoms. The molecule has 0 spiro atoms. The van der Waals surface area contributed by atoms with Gasteiger partial charge in [0.05, 0.1) is 18.8 Å². The van der Waals surface area contributed by atoms with Gasteiger partial charge in [-0.25, -0.2) is 8.78 Å². The Morgan fingerprint density at radius 1 is 1.20 bits per heavy atom. The van der Waals surface area contributed by atoms with Crippen molar-refractivity contribution in [2.45, 2.75) is 38.6 Å². The zero-order chi connectivity index (χ0) is 24.5. The van der Waals surface area contributed by atoms with Gasteiger partial charge in [0.1, 0.15) is 11.9 Å². The van der Waals surface area contributed by atoms with Gasteiger partial charge in [-0.05, 0) is 43.2 Å². The summed E-state index contributed by atoms with van der Waals surface area (Å²) in [7, 11) is 1.36. The van der Waals surface area contributed by atoms with Gasteiger partial charge in [-0.3, -0.25) is 9.67 Å². The number of nitriles is 1. The Balaban J connectivity index is 1.44. The summed E-state index contributed by atoms with van der Waals surface area (Å²) in [5.41, 5.74) is 4.33. The number of rotatable bonds is 6. The number of methoxy groups -OCH3 is 1. The molecule has 0 radical (unpaired) electrons. The number of allylic oxidation sites excluding steroid dienone is 2. The van der Waals surface area contributed by atoms with E-state index in [1.54, 1.807) is 6.20 Å². The lowest BCUT2D eigenvalue weighted by Crippen LogP contribution is -2.34. The zero-order valence-electron chi connectivity index (χ0n) is 19.9. The molecule has 0 atom stereocenters. The number of hydrogen-bond acceptors (Lipinski definition) is 5. The lowest BCUT2D eigenvalue weighted by molar-refractivity contribution is 0.187. The number of hydrogen-bond donors (Lipinski definition) is 0. The van der Waals surface area contributed by atoms with E-state index in [0.29, 0.717) is 12.1 Å². The molecule has 3 heterocycles. The molecule has 2 aromatic heterocycles.